The van der Waals surface area contributed by atoms with E-state index in [2.05, 4.69) is 25.1 Å². The number of piperidine rings is 2. The average Bonchev–Trinajstić information content (AvgIpc) is 3.62. The van der Waals surface area contributed by atoms with Gasteiger partial charge >= 0.3 is 11.9 Å². The largest absolute Gasteiger partial charge is 0.497 e. The zero-order chi connectivity index (χ0) is 30.5. The summed E-state index contributed by atoms with van der Waals surface area (Å²) >= 11 is 0. The molecule has 0 aromatic heterocycles. The number of likely N-dealkylation sites (N-methyl/N-ethyl adjacent to an activating group) is 2. The van der Waals surface area contributed by atoms with Gasteiger partial charge in [0.2, 0.25) is 5.72 Å². The first-order valence-corrected chi connectivity index (χ1v) is 14.7. The highest BCUT2D eigenvalue weighted by atomic mass is 16.6. The summed E-state index contributed by atoms with van der Waals surface area (Å²) in [7, 11) is 10.5. The molecule has 43 heavy (non-hydrogen) atoms. The van der Waals surface area contributed by atoms with Gasteiger partial charge in [0.1, 0.15) is 30.4 Å². The lowest BCUT2D eigenvalue weighted by Crippen LogP contribution is -2.83. The van der Waals surface area contributed by atoms with Gasteiger partial charge in [-0.15, -0.1) is 0 Å². The van der Waals surface area contributed by atoms with Crippen LogP contribution in [-0.2, 0) is 24.4 Å². The van der Waals surface area contributed by atoms with Crippen molar-refractivity contribution in [3.8, 4) is 17.2 Å². The van der Waals surface area contributed by atoms with E-state index in [4.69, 9.17) is 28.4 Å². The molecule has 4 bridgehead atoms. The van der Waals surface area contributed by atoms with Crippen molar-refractivity contribution in [2.75, 3.05) is 60.6 Å². The molecule has 10 heteroatoms. The van der Waals surface area contributed by atoms with E-state index in [1.165, 1.54) is 21.3 Å². The topological polar surface area (TPSA) is 92.8 Å². The number of carbonyl (C=O) groups excluding carboxylic acids is 2. The van der Waals surface area contributed by atoms with E-state index in [-0.39, 0.29) is 24.8 Å². The second-order valence-corrected chi connectivity index (χ2v) is 12.6. The first kappa shape index (κ1) is 28.0. The van der Waals surface area contributed by atoms with E-state index in [1.807, 2.05) is 25.1 Å². The van der Waals surface area contributed by atoms with Crippen molar-refractivity contribution in [3.63, 3.8) is 0 Å². The maximum Gasteiger partial charge on any atom is 0.338 e. The van der Waals surface area contributed by atoms with E-state index in [1.54, 1.807) is 25.3 Å². The first-order chi connectivity index (χ1) is 20.6. The number of esters is 2. The van der Waals surface area contributed by atoms with Crippen LogP contribution >= 0.6 is 0 Å². The van der Waals surface area contributed by atoms with Gasteiger partial charge in [-0.05, 0) is 54.5 Å². The Morgan fingerprint density at radius 1 is 1.07 bits per heavy atom. The van der Waals surface area contributed by atoms with Gasteiger partial charge in [0.15, 0.2) is 17.7 Å². The highest BCUT2D eigenvalue weighted by Crippen LogP contribution is 2.79. The number of methoxy groups -OCH3 is 4. The molecule has 2 aromatic carbocycles. The van der Waals surface area contributed by atoms with Crippen molar-refractivity contribution in [2.24, 2.45) is 11.3 Å². The van der Waals surface area contributed by atoms with Crippen LogP contribution in [0.15, 0.2) is 48.0 Å². The molecule has 1 spiro atoms. The summed E-state index contributed by atoms with van der Waals surface area (Å²) in [6, 6.07) is 11.0. The molecule has 0 amide bonds. The van der Waals surface area contributed by atoms with Gasteiger partial charge in [-0.25, -0.2) is 4.79 Å². The molecule has 2 aromatic rings. The molecule has 228 valence electrons. The van der Waals surface area contributed by atoms with Crippen LogP contribution in [0.3, 0.4) is 0 Å². The summed E-state index contributed by atoms with van der Waals surface area (Å²) in [5.74, 6) is 0.437. The molecule has 10 nitrogen and oxygen atoms in total. The molecule has 4 fully saturated rings. The fourth-order valence-corrected chi connectivity index (χ4v) is 9.74. The number of allylic oxidation sites excluding steroid dienone is 1. The molecule has 7 rings (SSSR count). The Labute approximate surface area is 251 Å². The molecular weight excluding hydrogens is 552 g/mol. The summed E-state index contributed by atoms with van der Waals surface area (Å²) < 4.78 is 36.4. The quantitative estimate of drug-likeness (QED) is 0.272. The van der Waals surface area contributed by atoms with Crippen LogP contribution in [0.25, 0.3) is 0 Å². The summed E-state index contributed by atoms with van der Waals surface area (Å²) in [4.78, 5) is 30.6. The summed E-state index contributed by atoms with van der Waals surface area (Å²) in [5, 5.41) is 0. The molecule has 4 heterocycles. The number of hydrogen-bond donors (Lipinski definition) is 0. The Kier molecular flexibility index (Phi) is 5.95. The third-order valence-corrected chi connectivity index (χ3v) is 11.5. The van der Waals surface area contributed by atoms with Crippen LogP contribution in [0.5, 0.6) is 17.2 Å². The minimum atomic E-state index is -1.27. The summed E-state index contributed by atoms with van der Waals surface area (Å²) in [6.45, 7) is 2.61. The molecule has 5 aliphatic rings. The monoisotopic (exact) mass is 591 g/mol. The maximum atomic E-state index is 14.6. The van der Waals surface area contributed by atoms with E-state index >= 15 is 0 Å². The Hall–Kier alpha value is -3.76. The highest BCUT2D eigenvalue weighted by Gasteiger charge is 2.92. The number of hydrogen-bond acceptors (Lipinski definition) is 9. The van der Waals surface area contributed by atoms with Gasteiger partial charge in [0, 0.05) is 31.5 Å². The number of benzene rings is 2. The van der Waals surface area contributed by atoms with Crippen molar-refractivity contribution in [3.05, 3.63) is 59.2 Å². The Bertz CT molecular complexity index is 1570. The zero-order valence-corrected chi connectivity index (χ0v) is 25.8. The minimum Gasteiger partial charge on any atom is -0.497 e. The van der Waals surface area contributed by atoms with Crippen LogP contribution in [-0.4, -0.2) is 90.1 Å². The van der Waals surface area contributed by atoms with E-state index in [9.17, 15) is 9.59 Å². The zero-order valence-electron chi connectivity index (χ0n) is 25.8. The predicted molar refractivity (Wildman–Crippen MR) is 156 cm³/mol. The average molecular weight is 592 g/mol. The third-order valence-electron chi connectivity index (χ3n) is 11.5. The van der Waals surface area contributed by atoms with Crippen LogP contribution in [0.1, 0.15) is 35.7 Å². The van der Waals surface area contributed by atoms with Crippen LogP contribution in [0.4, 0.5) is 5.69 Å². The normalized spacial score (nSPS) is 36.8. The van der Waals surface area contributed by atoms with Crippen LogP contribution in [0.2, 0.25) is 0 Å². The van der Waals surface area contributed by atoms with Gasteiger partial charge in [-0.2, -0.15) is 0 Å². The number of rotatable bonds is 7. The second-order valence-electron chi connectivity index (χ2n) is 12.6. The van der Waals surface area contributed by atoms with Gasteiger partial charge in [0.05, 0.1) is 46.5 Å². The van der Waals surface area contributed by atoms with Gasteiger partial charge in [-0.3, -0.25) is 14.0 Å². The van der Waals surface area contributed by atoms with Gasteiger partial charge in [-0.1, -0.05) is 6.08 Å². The maximum absolute atomic E-state index is 14.6. The lowest BCUT2D eigenvalue weighted by molar-refractivity contribution is -0.960. The number of quaternary nitrogens is 1. The van der Waals surface area contributed by atoms with Crippen molar-refractivity contribution in [2.45, 2.75) is 43.2 Å². The van der Waals surface area contributed by atoms with Crippen molar-refractivity contribution in [1.82, 2.24) is 0 Å². The third kappa shape index (κ3) is 3.01. The number of anilines is 1. The second kappa shape index (κ2) is 9.12. The fourth-order valence-electron chi connectivity index (χ4n) is 9.74. The number of fused-ring (bicyclic) bond motifs is 4. The molecular formula is C33H39N2O8+. The van der Waals surface area contributed by atoms with E-state index < -0.39 is 28.5 Å². The van der Waals surface area contributed by atoms with Crippen molar-refractivity contribution < 1.29 is 42.5 Å². The number of ether oxygens (including phenoxy) is 6. The molecule has 3 saturated heterocycles. The Morgan fingerprint density at radius 2 is 1.84 bits per heavy atom. The Morgan fingerprint density at radius 3 is 2.51 bits per heavy atom. The van der Waals surface area contributed by atoms with Crippen molar-refractivity contribution >= 4 is 17.6 Å². The SMILES string of the molecule is C/C=C1/C[N+]2(C)[C@@H]3C[C@@]45c6cc(OC)ccc6N(C)[C@]4(O3)[C@@H]2C[C@@H]1[C@]5(COC(=O)c1ccc(OC)c(OC)c1)C(=O)OC. The first-order valence-electron chi connectivity index (χ1n) is 14.7. The van der Waals surface area contributed by atoms with Crippen molar-refractivity contribution in [1.29, 1.82) is 0 Å². The molecule has 1 saturated carbocycles. The molecule has 1 aliphatic carbocycles. The van der Waals surface area contributed by atoms with Gasteiger partial charge in [0.25, 0.3) is 0 Å². The lowest BCUT2D eigenvalue weighted by atomic mass is 9.41. The molecule has 4 aliphatic heterocycles. The molecule has 1 unspecified atom stereocenters. The lowest BCUT2D eigenvalue weighted by Gasteiger charge is -2.66. The number of carbonyl (C=O) groups is 2. The van der Waals surface area contributed by atoms with Crippen LogP contribution < -0.4 is 19.1 Å². The summed E-state index contributed by atoms with van der Waals surface area (Å²) in [6.07, 6.45) is 3.27. The predicted octanol–water partition coefficient (Wildman–Crippen LogP) is 3.67. The highest BCUT2D eigenvalue weighted by molar-refractivity contribution is 5.91. The smallest absolute Gasteiger partial charge is 0.338 e. The van der Waals surface area contributed by atoms with E-state index in [0.717, 1.165) is 27.9 Å². The molecule has 0 N–H and O–H groups in total. The molecule has 0 radical (unpaired) electrons. The standard InChI is InChI=1S/C33H39N2O8/c1-8-19-17-35(3)27-15-22(19)31(30(37)41-7,18-42-29(36)20-9-12-25(39-5)26(13-20)40-6)32-16-28(35)43-33(27,32)34(2)24-11-10-21(38-4)14-23(24)32/h8-14,22,27-28H,15-18H2,1-7H3/q+1/b19-8-/t22-,27-,28-,31+,32-,33-,35?/m0/s1. The van der Waals surface area contributed by atoms with Crippen LogP contribution in [0, 0.1) is 11.3 Å². The van der Waals surface area contributed by atoms with E-state index in [0.29, 0.717) is 35.7 Å². The molecule has 7 atom stereocenters. The minimum absolute atomic E-state index is 0.0997. The fraction of sp³-hybridized carbons (Fsp3) is 0.515. The van der Waals surface area contributed by atoms with Gasteiger partial charge < -0.3 is 28.6 Å². The number of nitrogens with zero attached hydrogens (tertiary/aromatic N) is 2. The Balaban J connectivity index is 1.44. The summed E-state index contributed by atoms with van der Waals surface area (Å²) in [5.41, 5.74) is 0.457.